The zero-order valence-corrected chi connectivity index (χ0v) is 14.1. The molecule has 0 saturated carbocycles. The SMILES string of the molecule is O=C(/C=C/c1cccc(CCc2cccc(OC3COC3)c2)c1)CO. The molecule has 1 N–H and O–H groups in total. The first kappa shape index (κ1) is 17.4. The molecule has 1 aliphatic heterocycles. The summed E-state index contributed by atoms with van der Waals surface area (Å²) in [5, 5.41) is 8.76. The van der Waals surface area contributed by atoms with E-state index in [9.17, 15) is 4.79 Å². The number of aliphatic hydroxyl groups is 1. The maximum atomic E-state index is 11.2. The molecule has 2 aromatic rings. The van der Waals surface area contributed by atoms with E-state index in [2.05, 4.69) is 24.3 Å². The molecule has 0 atom stereocenters. The van der Waals surface area contributed by atoms with Crippen LogP contribution in [-0.2, 0) is 22.4 Å². The quantitative estimate of drug-likeness (QED) is 0.752. The number of benzene rings is 2. The van der Waals surface area contributed by atoms with Crippen LogP contribution in [0.3, 0.4) is 0 Å². The minimum Gasteiger partial charge on any atom is -0.486 e. The molecular formula is C21H22O4. The Labute approximate surface area is 147 Å². The summed E-state index contributed by atoms with van der Waals surface area (Å²) in [5.41, 5.74) is 3.40. The topological polar surface area (TPSA) is 55.8 Å². The standard InChI is InChI=1S/C21H22O4/c22-13-19(23)10-9-17-4-1-3-16(11-17)7-8-18-5-2-6-20(12-18)25-21-14-24-15-21/h1-6,9-12,21-22H,7-8,13-15H2/b10-9+. The molecule has 0 aromatic heterocycles. The van der Waals surface area contributed by atoms with Gasteiger partial charge in [-0.3, -0.25) is 4.79 Å². The summed E-state index contributed by atoms with van der Waals surface area (Å²) < 4.78 is 11.0. The molecule has 0 radical (unpaired) electrons. The van der Waals surface area contributed by atoms with Gasteiger partial charge in [0, 0.05) is 0 Å². The van der Waals surface area contributed by atoms with E-state index in [-0.39, 0.29) is 11.9 Å². The summed E-state index contributed by atoms with van der Waals surface area (Å²) in [6.45, 7) is 0.883. The first-order valence-corrected chi connectivity index (χ1v) is 8.47. The van der Waals surface area contributed by atoms with Crippen molar-refractivity contribution < 1.29 is 19.4 Å². The molecule has 0 amide bonds. The third kappa shape index (κ3) is 5.28. The number of ketones is 1. The Kier molecular flexibility index (Phi) is 5.99. The summed E-state index contributed by atoms with van der Waals surface area (Å²) in [6.07, 6.45) is 5.15. The minimum absolute atomic E-state index is 0.181. The van der Waals surface area contributed by atoms with Crippen molar-refractivity contribution in [2.24, 2.45) is 0 Å². The predicted octanol–water partition coefficient (Wildman–Crippen LogP) is 2.82. The van der Waals surface area contributed by atoms with E-state index < -0.39 is 6.61 Å². The highest BCUT2D eigenvalue weighted by atomic mass is 16.6. The van der Waals surface area contributed by atoms with Crippen LogP contribution in [-0.4, -0.2) is 36.8 Å². The smallest absolute Gasteiger partial charge is 0.181 e. The Balaban J connectivity index is 1.58. The van der Waals surface area contributed by atoms with Gasteiger partial charge in [0.1, 0.15) is 18.5 Å². The van der Waals surface area contributed by atoms with Gasteiger partial charge in [0.2, 0.25) is 0 Å². The number of hydrogen-bond donors (Lipinski definition) is 1. The molecule has 0 unspecified atom stereocenters. The van der Waals surface area contributed by atoms with Gasteiger partial charge in [0.15, 0.2) is 5.78 Å². The fraction of sp³-hybridized carbons (Fsp3) is 0.286. The van der Waals surface area contributed by atoms with E-state index in [0.717, 1.165) is 24.2 Å². The molecule has 3 rings (SSSR count). The lowest BCUT2D eigenvalue weighted by Crippen LogP contribution is -2.38. The van der Waals surface area contributed by atoms with Crippen LogP contribution in [0.2, 0.25) is 0 Å². The van der Waals surface area contributed by atoms with Crippen molar-refractivity contribution in [3.8, 4) is 5.75 Å². The van der Waals surface area contributed by atoms with E-state index in [0.29, 0.717) is 13.2 Å². The molecule has 2 aromatic carbocycles. The number of ether oxygens (including phenoxy) is 2. The molecule has 130 valence electrons. The summed E-state index contributed by atoms with van der Waals surface area (Å²) in [4.78, 5) is 11.2. The Morgan fingerprint density at radius 1 is 1.12 bits per heavy atom. The molecule has 1 aliphatic rings. The average Bonchev–Trinajstić information content (AvgIpc) is 2.62. The van der Waals surface area contributed by atoms with Gasteiger partial charge < -0.3 is 14.6 Å². The van der Waals surface area contributed by atoms with Crippen molar-refractivity contribution in [3.05, 3.63) is 71.3 Å². The van der Waals surface area contributed by atoms with Crippen LogP contribution >= 0.6 is 0 Å². The van der Waals surface area contributed by atoms with E-state index in [4.69, 9.17) is 14.6 Å². The molecule has 4 nitrogen and oxygen atoms in total. The van der Waals surface area contributed by atoms with Gasteiger partial charge in [-0.15, -0.1) is 0 Å². The molecule has 0 bridgehead atoms. The van der Waals surface area contributed by atoms with Crippen LogP contribution in [0.5, 0.6) is 5.75 Å². The van der Waals surface area contributed by atoms with Crippen molar-refractivity contribution in [3.63, 3.8) is 0 Å². The van der Waals surface area contributed by atoms with Gasteiger partial charge >= 0.3 is 0 Å². The van der Waals surface area contributed by atoms with Crippen LogP contribution in [0.25, 0.3) is 6.08 Å². The second-order valence-corrected chi connectivity index (χ2v) is 6.13. The van der Waals surface area contributed by atoms with E-state index in [1.807, 2.05) is 24.3 Å². The lowest BCUT2D eigenvalue weighted by Gasteiger charge is -2.26. The largest absolute Gasteiger partial charge is 0.486 e. The van der Waals surface area contributed by atoms with Crippen LogP contribution in [0.15, 0.2) is 54.6 Å². The van der Waals surface area contributed by atoms with Crippen molar-refractivity contribution >= 4 is 11.9 Å². The Hall–Kier alpha value is -2.43. The average molecular weight is 338 g/mol. The number of hydrogen-bond acceptors (Lipinski definition) is 4. The Morgan fingerprint density at radius 2 is 1.84 bits per heavy atom. The van der Waals surface area contributed by atoms with Crippen LogP contribution in [0.1, 0.15) is 16.7 Å². The number of carbonyl (C=O) groups is 1. The Bertz CT molecular complexity index is 747. The van der Waals surface area contributed by atoms with E-state index in [1.54, 1.807) is 6.08 Å². The fourth-order valence-corrected chi connectivity index (χ4v) is 2.63. The second kappa shape index (κ2) is 8.60. The second-order valence-electron chi connectivity index (χ2n) is 6.13. The maximum Gasteiger partial charge on any atom is 0.181 e. The third-order valence-electron chi connectivity index (χ3n) is 4.08. The van der Waals surface area contributed by atoms with Gasteiger partial charge in [-0.2, -0.15) is 0 Å². The van der Waals surface area contributed by atoms with Gasteiger partial charge in [0.25, 0.3) is 0 Å². The van der Waals surface area contributed by atoms with Crippen molar-refractivity contribution in [2.75, 3.05) is 19.8 Å². The number of carbonyl (C=O) groups excluding carboxylic acids is 1. The molecule has 1 fully saturated rings. The normalized spacial score (nSPS) is 14.4. The lowest BCUT2D eigenvalue weighted by molar-refractivity contribution is -0.117. The van der Waals surface area contributed by atoms with Crippen molar-refractivity contribution in [1.82, 2.24) is 0 Å². The van der Waals surface area contributed by atoms with Gasteiger partial charge in [-0.1, -0.05) is 42.5 Å². The molecule has 4 heteroatoms. The lowest BCUT2D eigenvalue weighted by atomic mass is 10.0. The zero-order chi connectivity index (χ0) is 17.5. The molecule has 0 spiro atoms. The number of rotatable bonds is 8. The van der Waals surface area contributed by atoms with Crippen LogP contribution in [0.4, 0.5) is 0 Å². The molecule has 1 heterocycles. The highest BCUT2D eigenvalue weighted by Gasteiger charge is 2.19. The molecular weight excluding hydrogens is 316 g/mol. The minimum atomic E-state index is -0.457. The molecule has 1 saturated heterocycles. The van der Waals surface area contributed by atoms with Gasteiger partial charge in [0.05, 0.1) is 13.2 Å². The van der Waals surface area contributed by atoms with Gasteiger partial charge in [-0.25, -0.2) is 0 Å². The van der Waals surface area contributed by atoms with Crippen LogP contribution in [0, 0.1) is 0 Å². The fourth-order valence-electron chi connectivity index (χ4n) is 2.63. The first-order valence-electron chi connectivity index (χ1n) is 8.47. The van der Waals surface area contributed by atoms with E-state index in [1.165, 1.54) is 17.2 Å². The zero-order valence-electron chi connectivity index (χ0n) is 14.1. The molecule has 25 heavy (non-hydrogen) atoms. The van der Waals surface area contributed by atoms with E-state index >= 15 is 0 Å². The summed E-state index contributed by atoms with van der Waals surface area (Å²) in [7, 11) is 0. The molecule has 0 aliphatic carbocycles. The monoisotopic (exact) mass is 338 g/mol. The third-order valence-corrected chi connectivity index (χ3v) is 4.08. The number of aliphatic hydroxyl groups excluding tert-OH is 1. The van der Waals surface area contributed by atoms with Crippen molar-refractivity contribution in [2.45, 2.75) is 18.9 Å². The highest BCUT2D eigenvalue weighted by molar-refractivity contribution is 5.94. The summed E-state index contributed by atoms with van der Waals surface area (Å²) in [6, 6.07) is 16.3. The van der Waals surface area contributed by atoms with Crippen LogP contribution < -0.4 is 4.74 Å². The number of aryl methyl sites for hydroxylation is 2. The van der Waals surface area contributed by atoms with Gasteiger partial charge in [-0.05, 0) is 47.7 Å². The summed E-state index contributed by atoms with van der Waals surface area (Å²) >= 11 is 0. The summed E-state index contributed by atoms with van der Waals surface area (Å²) in [5.74, 6) is 0.601. The maximum absolute atomic E-state index is 11.2. The highest BCUT2D eigenvalue weighted by Crippen LogP contribution is 2.19. The Morgan fingerprint density at radius 3 is 2.52 bits per heavy atom. The van der Waals surface area contributed by atoms with Crippen molar-refractivity contribution in [1.29, 1.82) is 0 Å². The first-order chi connectivity index (χ1) is 12.2. The predicted molar refractivity (Wildman–Crippen MR) is 96.7 cm³/mol.